The van der Waals surface area contributed by atoms with Crippen molar-refractivity contribution < 1.29 is 9.53 Å². The number of aryl methyl sites for hydroxylation is 1. The zero-order valence-corrected chi connectivity index (χ0v) is 12.2. The third-order valence-electron chi connectivity index (χ3n) is 3.56. The fraction of sp³-hybridized carbons (Fsp3) is 0.562. The molecule has 1 aliphatic rings. The molecule has 0 aliphatic carbocycles. The molecule has 1 N–H and O–H groups in total. The van der Waals surface area contributed by atoms with E-state index >= 15 is 0 Å². The number of rotatable bonds is 6. The van der Waals surface area contributed by atoms with Crippen molar-refractivity contribution in [3.8, 4) is 0 Å². The molecule has 0 atom stereocenters. The van der Waals surface area contributed by atoms with Crippen molar-refractivity contribution in [1.82, 2.24) is 10.2 Å². The van der Waals surface area contributed by atoms with Gasteiger partial charge in [0.2, 0.25) is 5.91 Å². The Balaban J connectivity index is 1.59. The first-order valence-corrected chi connectivity index (χ1v) is 7.36. The lowest BCUT2D eigenvalue weighted by molar-refractivity contribution is -0.120. The molecule has 0 unspecified atom stereocenters. The number of benzene rings is 1. The summed E-state index contributed by atoms with van der Waals surface area (Å²) >= 11 is 0. The van der Waals surface area contributed by atoms with Gasteiger partial charge < -0.3 is 10.1 Å². The summed E-state index contributed by atoms with van der Waals surface area (Å²) < 4.78 is 5.31. The Hall–Kier alpha value is -1.39. The van der Waals surface area contributed by atoms with E-state index in [1.807, 2.05) is 24.3 Å². The van der Waals surface area contributed by atoms with Crippen LogP contribution in [0.1, 0.15) is 17.5 Å². The van der Waals surface area contributed by atoms with Gasteiger partial charge in [-0.15, -0.1) is 0 Å². The summed E-state index contributed by atoms with van der Waals surface area (Å²) in [5, 5.41) is 2.99. The summed E-state index contributed by atoms with van der Waals surface area (Å²) in [6.45, 7) is 7.53. The van der Waals surface area contributed by atoms with Crippen LogP contribution in [0.3, 0.4) is 0 Å². The van der Waals surface area contributed by atoms with Crippen molar-refractivity contribution in [2.24, 2.45) is 0 Å². The first kappa shape index (κ1) is 15.0. The molecular weight excluding hydrogens is 252 g/mol. The Morgan fingerprint density at radius 1 is 1.25 bits per heavy atom. The number of hydrogen-bond donors (Lipinski definition) is 1. The summed E-state index contributed by atoms with van der Waals surface area (Å²) in [4.78, 5) is 14.2. The van der Waals surface area contributed by atoms with E-state index in [4.69, 9.17) is 4.74 Å². The van der Waals surface area contributed by atoms with Crippen LogP contribution < -0.4 is 5.32 Å². The van der Waals surface area contributed by atoms with Crippen LogP contribution >= 0.6 is 0 Å². The number of amides is 1. The fourth-order valence-corrected chi connectivity index (χ4v) is 2.31. The van der Waals surface area contributed by atoms with E-state index < -0.39 is 0 Å². The summed E-state index contributed by atoms with van der Waals surface area (Å²) in [5.41, 5.74) is 2.29. The summed E-state index contributed by atoms with van der Waals surface area (Å²) in [6, 6.07) is 8.12. The minimum atomic E-state index is 0.107. The third-order valence-corrected chi connectivity index (χ3v) is 3.56. The molecule has 20 heavy (non-hydrogen) atoms. The Morgan fingerprint density at radius 3 is 2.65 bits per heavy atom. The predicted molar refractivity (Wildman–Crippen MR) is 79.8 cm³/mol. The Morgan fingerprint density at radius 2 is 1.95 bits per heavy atom. The molecule has 1 heterocycles. The van der Waals surface area contributed by atoms with Crippen molar-refractivity contribution in [1.29, 1.82) is 0 Å². The number of morpholine rings is 1. The van der Waals surface area contributed by atoms with Crippen LogP contribution in [0.15, 0.2) is 24.3 Å². The number of nitrogens with one attached hydrogen (secondary N) is 1. The number of carbonyl (C=O) groups excluding carboxylic acids is 1. The van der Waals surface area contributed by atoms with E-state index in [2.05, 4.69) is 17.1 Å². The van der Waals surface area contributed by atoms with Crippen LogP contribution in [-0.4, -0.2) is 50.2 Å². The van der Waals surface area contributed by atoms with E-state index in [0.29, 0.717) is 6.42 Å². The summed E-state index contributed by atoms with van der Waals surface area (Å²) in [7, 11) is 0. The van der Waals surface area contributed by atoms with E-state index in [0.717, 1.165) is 51.4 Å². The van der Waals surface area contributed by atoms with Crippen LogP contribution in [-0.2, 0) is 16.0 Å². The maximum atomic E-state index is 11.8. The average Bonchev–Trinajstić information content (AvgIpc) is 2.47. The molecule has 0 aromatic heterocycles. The lowest BCUT2D eigenvalue weighted by atomic mass is 10.1. The molecule has 2 rings (SSSR count). The normalized spacial score (nSPS) is 16.1. The van der Waals surface area contributed by atoms with Gasteiger partial charge in [-0.3, -0.25) is 9.69 Å². The van der Waals surface area contributed by atoms with Crippen LogP contribution in [0.25, 0.3) is 0 Å². The molecule has 1 fully saturated rings. The van der Waals surface area contributed by atoms with E-state index in [1.165, 1.54) is 5.56 Å². The molecule has 110 valence electrons. The van der Waals surface area contributed by atoms with Gasteiger partial charge in [-0.2, -0.15) is 0 Å². The van der Waals surface area contributed by atoms with Gasteiger partial charge in [-0.25, -0.2) is 0 Å². The third kappa shape index (κ3) is 5.31. The van der Waals surface area contributed by atoms with Gasteiger partial charge in [0.25, 0.3) is 0 Å². The van der Waals surface area contributed by atoms with Crippen molar-refractivity contribution >= 4 is 5.91 Å². The highest BCUT2D eigenvalue weighted by Gasteiger charge is 2.09. The molecule has 1 amide bonds. The first-order valence-electron chi connectivity index (χ1n) is 7.36. The second-order valence-corrected chi connectivity index (χ2v) is 5.32. The standard InChI is InChI=1S/C16H24N2O2/c1-14-3-5-15(6-4-14)13-16(19)17-7-2-8-18-9-11-20-12-10-18/h3-6H,2,7-13H2,1H3,(H,17,19). The van der Waals surface area contributed by atoms with Gasteiger partial charge in [0.1, 0.15) is 0 Å². The van der Waals surface area contributed by atoms with Gasteiger partial charge in [0.15, 0.2) is 0 Å². The van der Waals surface area contributed by atoms with E-state index in [1.54, 1.807) is 0 Å². The van der Waals surface area contributed by atoms with Crippen molar-refractivity contribution in [2.45, 2.75) is 19.8 Å². The smallest absolute Gasteiger partial charge is 0.224 e. The lowest BCUT2D eigenvalue weighted by Crippen LogP contribution is -2.38. The molecule has 0 saturated carbocycles. The lowest BCUT2D eigenvalue weighted by Gasteiger charge is -2.26. The van der Waals surface area contributed by atoms with E-state index in [-0.39, 0.29) is 5.91 Å². The van der Waals surface area contributed by atoms with Gasteiger partial charge in [0.05, 0.1) is 19.6 Å². The average molecular weight is 276 g/mol. The molecule has 0 radical (unpaired) electrons. The molecule has 1 aliphatic heterocycles. The summed E-state index contributed by atoms with van der Waals surface area (Å²) in [5.74, 6) is 0.107. The second-order valence-electron chi connectivity index (χ2n) is 5.32. The molecule has 0 spiro atoms. The topological polar surface area (TPSA) is 41.6 Å². The van der Waals surface area contributed by atoms with Crippen LogP contribution in [0, 0.1) is 6.92 Å². The van der Waals surface area contributed by atoms with Gasteiger partial charge in [-0.05, 0) is 25.5 Å². The number of hydrogen-bond acceptors (Lipinski definition) is 3. The van der Waals surface area contributed by atoms with Crippen molar-refractivity contribution in [3.05, 3.63) is 35.4 Å². The largest absolute Gasteiger partial charge is 0.379 e. The maximum absolute atomic E-state index is 11.8. The van der Waals surface area contributed by atoms with Crippen LogP contribution in [0.4, 0.5) is 0 Å². The Labute approximate surface area is 121 Å². The number of nitrogens with zero attached hydrogens (tertiary/aromatic N) is 1. The monoisotopic (exact) mass is 276 g/mol. The highest BCUT2D eigenvalue weighted by Crippen LogP contribution is 2.03. The quantitative estimate of drug-likeness (QED) is 0.798. The summed E-state index contributed by atoms with van der Waals surface area (Å²) in [6.07, 6.45) is 1.47. The van der Waals surface area contributed by atoms with Crippen LogP contribution in [0.2, 0.25) is 0 Å². The second kappa shape index (κ2) is 8.02. The highest BCUT2D eigenvalue weighted by atomic mass is 16.5. The molecule has 1 aromatic carbocycles. The first-order chi connectivity index (χ1) is 9.74. The molecule has 4 heteroatoms. The zero-order valence-electron chi connectivity index (χ0n) is 12.2. The van der Waals surface area contributed by atoms with Gasteiger partial charge in [-0.1, -0.05) is 29.8 Å². The highest BCUT2D eigenvalue weighted by molar-refractivity contribution is 5.78. The van der Waals surface area contributed by atoms with Crippen molar-refractivity contribution in [3.63, 3.8) is 0 Å². The zero-order chi connectivity index (χ0) is 14.2. The minimum Gasteiger partial charge on any atom is -0.379 e. The van der Waals surface area contributed by atoms with Crippen LogP contribution in [0.5, 0.6) is 0 Å². The molecule has 1 aromatic rings. The van der Waals surface area contributed by atoms with Gasteiger partial charge in [0, 0.05) is 19.6 Å². The predicted octanol–water partition coefficient (Wildman–Crippen LogP) is 1.38. The molecule has 1 saturated heterocycles. The number of carbonyl (C=O) groups is 1. The SMILES string of the molecule is Cc1ccc(CC(=O)NCCCN2CCOCC2)cc1. The minimum absolute atomic E-state index is 0.107. The molecule has 0 bridgehead atoms. The van der Waals surface area contributed by atoms with E-state index in [9.17, 15) is 4.79 Å². The molecular formula is C16H24N2O2. The Bertz CT molecular complexity index is 411. The maximum Gasteiger partial charge on any atom is 0.224 e. The Kier molecular flexibility index (Phi) is 6.02. The fourth-order valence-electron chi connectivity index (χ4n) is 2.31. The van der Waals surface area contributed by atoms with Crippen molar-refractivity contribution in [2.75, 3.05) is 39.4 Å². The van der Waals surface area contributed by atoms with Gasteiger partial charge >= 0.3 is 0 Å². The molecule has 4 nitrogen and oxygen atoms in total. The number of ether oxygens (including phenoxy) is 1.